The van der Waals surface area contributed by atoms with Crippen LogP contribution in [0.3, 0.4) is 0 Å². The van der Waals surface area contributed by atoms with E-state index in [9.17, 15) is 0 Å². The lowest BCUT2D eigenvalue weighted by Crippen LogP contribution is -2.03. The van der Waals surface area contributed by atoms with Crippen LogP contribution in [0.15, 0.2) is 48.7 Å². The van der Waals surface area contributed by atoms with Gasteiger partial charge >= 0.3 is 0 Å². The van der Waals surface area contributed by atoms with Crippen molar-refractivity contribution in [3.8, 4) is 17.3 Å². The SMILES string of the molecule is COc1ccc(/C=c2\c(C)nn3c(-c4ccccn4)nnc23)cc1. The van der Waals surface area contributed by atoms with Crippen molar-refractivity contribution in [2.75, 3.05) is 7.11 Å². The molecule has 0 radical (unpaired) electrons. The lowest BCUT2D eigenvalue weighted by atomic mass is 10.2. The number of methoxy groups -OCH3 is 1. The fourth-order valence-corrected chi connectivity index (χ4v) is 2.60. The zero-order valence-corrected chi connectivity index (χ0v) is 13.3. The summed E-state index contributed by atoms with van der Waals surface area (Å²) in [6.07, 6.45) is 3.78. The van der Waals surface area contributed by atoms with Crippen molar-refractivity contribution < 1.29 is 4.74 Å². The summed E-state index contributed by atoms with van der Waals surface area (Å²) in [5.74, 6) is 1.47. The third-order valence-electron chi connectivity index (χ3n) is 3.84. The van der Waals surface area contributed by atoms with Crippen LogP contribution >= 0.6 is 0 Å². The van der Waals surface area contributed by atoms with Gasteiger partial charge in [0, 0.05) is 11.4 Å². The van der Waals surface area contributed by atoms with E-state index in [-0.39, 0.29) is 0 Å². The van der Waals surface area contributed by atoms with Gasteiger partial charge in [0.05, 0.1) is 12.8 Å². The number of nitrogens with zero attached hydrogens (tertiary/aromatic N) is 5. The third-order valence-corrected chi connectivity index (χ3v) is 3.84. The second-order valence-electron chi connectivity index (χ2n) is 5.39. The van der Waals surface area contributed by atoms with Crippen LogP contribution in [0, 0.1) is 6.92 Å². The zero-order valence-electron chi connectivity index (χ0n) is 13.3. The average Bonchev–Trinajstić information content (AvgIpc) is 3.16. The maximum absolute atomic E-state index is 5.19. The van der Waals surface area contributed by atoms with Crippen LogP contribution in [-0.2, 0) is 0 Å². The Hall–Kier alpha value is -3.28. The fraction of sp³-hybridized carbons (Fsp3) is 0.111. The standard InChI is InChI=1S/C18H15N5O/c1-12-15(11-13-6-8-14(24-2)9-7-13)17-20-21-18(23(17)22-12)16-5-3-4-10-19-16/h3-11H,1-2H3/b15-11+. The molecule has 0 unspecified atom stereocenters. The molecule has 0 fully saturated rings. The lowest BCUT2D eigenvalue weighted by molar-refractivity contribution is 0.415. The average molecular weight is 317 g/mol. The topological polar surface area (TPSA) is 65.2 Å². The molecule has 0 amide bonds. The molecule has 0 aliphatic carbocycles. The highest BCUT2D eigenvalue weighted by molar-refractivity contribution is 5.61. The summed E-state index contributed by atoms with van der Waals surface area (Å²) < 4.78 is 6.93. The van der Waals surface area contributed by atoms with Crippen molar-refractivity contribution in [3.05, 3.63) is 65.1 Å². The number of hydrogen-bond acceptors (Lipinski definition) is 5. The smallest absolute Gasteiger partial charge is 0.203 e. The Bertz CT molecular complexity index is 1040. The molecule has 0 aliphatic heterocycles. The highest BCUT2D eigenvalue weighted by Gasteiger charge is 2.14. The second-order valence-corrected chi connectivity index (χ2v) is 5.39. The van der Waals surface area contributed by atoms with Gasteiger partial charge in [-0.3, -0.25) is 4.98 Å². The summed E-state index contributed by atoms with van der Waals surface area (Å²) in [5, 5.41) is 14.1. The van der Waals surface area contributed by atoms with E-state index in [0.29, 0.717) is 5.82 Å². The van der Waals surface area contributed by atoms with Crippen LogP contribution < -0.4 is 9.96 Å². The van der Waals surface area contributed by atoms with Gasteiger partial charge in [-0.05, 0) is 42.8 Å². The minimum Gasteiger partial charge on any atom is -0.497 e. The molecular formula is C18H15N5O. The first-order valence-corrected chi connectivity index (χ1v) is 7.55. The number of fused-ring (bicyclic) bond motifs is 1. The molecule has 6 heteroatoms. The Balaban J connectivity index is 1.86. The number of aromatic nitrogens is 5. The molecular weight excluding hydrogens is 302 g/mol. The third kappa shape index (κ3) is 2.38. The number of pyridine rings is 1. The summed E-state index contributed by atoms with van der Waals surface area (Å²) in [7, 11) is 1.66. The van der Waals surface area contributed by atoms with E-state index in [1.165, 1.54) is 0 Å². The van der Waals surface area contributed by atoms with E-state index >= 15 is 0 Å². The molecule has 0 saturated heterocycles. The predicted octanol–water partition coefficient (Wildman–Crippen LogP) is 2.05. The first-order chi connectivity index (χ1) is 11.8. The Kier molecular flexibility index (Phi) is 3.42. The zero-order chi connectivity index (χ0) is 16.5. The van der Waals surface area contributed by atoms with E-state index in [4.69, 9.17) is 4.74 Å². The van der Waals surface area contributed by atoms with Gasteiger partial charge < -0.3 is 4.74 Å². The number of hydrogen-bond donors (Lipinski definition) is 0. The minimum atomic E-state index is 0.642. The summed E-state index contributed by atoms with van der Waals surface area (Å²) >= 11 is 0. The van der Waals surface area contributed by atoms with E-state index in [1.807, 2.05) is 55.5 Å². The molecule has 0 saturated carbocycles. The minimum absolute atomic E-state index is 0.642. The Labute approximate surface area is 138 Å². The van der Waals surface area contributed by atoms with Crippen LogP contribution in [0.2, 0.25) is 0 Å². The van der Waals surface area contributed by atoms with Gasteiger partial charge in [-0.1, -0.05) is 18.2 Å². The van der Waals surface area contributed by atoms with E-state index in [1.54, 1.807) is 17.8 Å². The Morgan fingerprint density at radius 2 is 1.88 bits per heavy atom. The van der Waals surface area contributed by atoms with Crippen LogP contribution in [0.25, 0.3) is 23.2 Å². The molecule has 4 rings (SSSR count). The lowest BCUT2D eigenvalue weighted by Gasteiger charge is -1.98. The summed E-state index contributed by atoms with van der Waals surface area (Å²) in [6, 6.07) is 13.5. The van der Waals surface area contributed by atoms with Gasteiger partial charge in [-0.2, -0.15) is 9.61 Å². The van der Waals surface area contributed by atoms with Crippen LogP contribution in [0.5, 0.6) is 5.75 Å². The maximum Gasteiger partial charge on any atom is 0.203 e. The predicted molar refractivity (Wildman–Crippen MR) is 90.5 cm³/mol. The molecule has 0 N–H and O–H groups in total. The number of aryl methyl sites for hydroxylation is 1. The van der Waals surface area contributed by atoms with E-state index < -0.39 is 0 Å². The first kappa shape index (κ1) is 14.3. The largest absolute Gasteiger partial charge is 0.497 e. The van der Waals surface area contributed by atoms with Gasteiger partial charge in [-0.15, -0.1) is 10.2 Å². The van der Waals surface area contributed by atoms with Crippen molar-refractivity contribution in [1.29, 1.82) is 0 Å². The van der Waals surface area contributed by atoms with Gasteiger partial charge in [0.1, 0.15) is 11.4 Å². The molecule has 0 spiro atoms. The van der Waals surface area contributed by atoms with Crippen LogP contribution in [-0.4, -0.2) is 31.9 Å². The molecule has 1 aromatic carbocycles. The molecule has 4 aromatic rings. The van der Waals surface area contributed by atoms with Crippen LogP contribution in [0.4, 0.5) is 0 Å². The number of ether oxygens (including phenoxy) is 1. The van der Waals surface area contributed by atoms with Gasteiger partial charge in [0.2, 0.25) is 5.82 Å². The normalized spacial score (nSPS) is 12.0. The summed E-state index contributed by atoms with van der Waals surface area (Å²) in [4.78, 5) is 4.33. The van der Waals surface area contributed by atoms with Crippen molar-refractivity contribution in [3.63, 3.8) is 0 Å². The molecule has 6 nitrogen and oxygen atoms in total. The van der Waals surface area contributed by atoms with Crippen molar-refractivity contribution in [1.82, 2.24) is 24.8 Å². The molecule has 3 aromatic heterocycles. The number of benzene rings is 1. The Morgan fingerprint density at radius 3 is 2.58 bits per heavy atom. The highest BCUT2D eigenvalue weighted by atomic mass is 16.5. The quantitative estimate of drug-likeness (QED) is 0.578. The van der Waals surface area contributed by atoms with Crippen molar-refractivity contribution in [2.24, 2.45) is 0 Å². The van der Waals surface area contributed by atoms with Crippen LogP contribution in [0.1, 0.15) is 11.3 Å². The molecule has 0 atom stereocenters. The monoisotopic (exact) mass is 317 g/mol. The second kappa shape index (κ2) is 5.73. The Morgan fingerprint density at radius 1 is 1.04 bits per heavy atom. The first-order valence-electron chi connectivity index (χ1n) is 7.55. The van der Waals surface area contributed by atoms with Gasteiger partial charge in [-0.25, -0.2) is 0 Å². The highest BCUT2D eigenvalue weighted by Crippen LogP contribution is 2.15. The molecule has 0 bridgehead atoms. The summed E-state index contributed by atoms with van der Waals surface area (Å²) in [5.41, 5.74) is 3.42. The maximum atomic E-state index is 5.19. The molecule has 3 heterocycles. The summed E-state index contributed by atoms with van der Waals surface area (Å²) in [6.45, 7) is 1.96. The van der Waals surface area contributed by atoms with E-state index in [0.717, 1.165) is 33.6 Å². The fourth-order valence-electron chi connectivity index (χ4n) is 2.60. The van der Waals surface area contributed by atoms with Crippen molar-refractivity contribution in [2.45, 2.75) is 6.92 Å². The van der Waals surface area contributed by atoms with Crippen molar-refractivity contribution >= 4 is 11.7 Å². The molecule has 118 valence electrons. The van der Waals surface area contributed by atoms with Gasteiger partial charge in [0.25, 0.3) is 0 Å². The molecule has 0 aliphatic rings. The number of rotatable bonds is 3. The van der Waals surface area contributed by atoms with E-state index in [2.05, 4.69) is 20.3 Å². The molecule has 24 heavy (non-hydrogen) atoms. The van der Waals surface area contributed by atoms with Gasteiger partial charge in [0.15, 0.2) is 5.65 Å².